The molecule has 0 aliphatic heterocycles. The highest BCUT2D eigenvalue weighted by atomic mass is 28.5. The van der Waals surface area contributed by atoms with Crippen LogP contribution in [-0.4, -0.2) is 33.8 Å². The minimum atomic E-state index is -3.06. The zero-order chi connectivity index (χ0) is 19.9. The largest absolute Gasteiger partial charge is 0.480 e. The Kier molecular flexibility index (Phi) is 6.15. The molecule has 146 valence electrons. The van der Waals surface area contributed by atoms with Gasteiger partial charge in [0.25, 0.3) is 0 Å². The average molecular weight is 425 g/mol. The van der Waals surface area contributed by atoms with Gasteiger partial charge in [-0.3, -0.25) is 0 Å². The van der Waals surface area contributed by atoms with Crippen LogP contribution < -0.4 is 0 Å². The van der Waals surface area contributed by atoms with E-state index in [1.54, 1.807) is 0 Å². The quantitative estimate of drug-likeness (QED) is 0.324. The van der Waals surface area contributed by atoms with E-state index < -0.39 is 33.8 Å². The van der Waals surface area contributed by atoms with Crippen LogP contribution >= 0.6 is 0 Å². The van der Waals surface area contributed by atoms with Crippen LogP contribution in [0.25, 0.3) is 0 Å². The molecule has 0 saturated heterocycles. The first-order valence-electron chi connectivity index (χ1n) is 9.54. The summed E-state index contributed by atoms with van der Waals surface area (Å²) in [5.74, 6) is 0.633. The van der Waals surface area contributed by atoms with Gasteiger partial charge in [-0.25, -0.2) is 0 Å². The highest BCUT2D eigenvalue weighted by Crippen LogP contribution is 2.62. The van der Waals surface area contributed by atoms with Crippen molar-refractivity contribution in [3.8, 4) is 0 Å². The van der Waals surface area contributed by atoms with Gasteiger partial charge in [-0.2, -0.15) is 0 Å². The van der Waals surface area contributed by atoms with Crippen LogP contribution in [0.4, 0.5) is 0 Å². The summed E-state index contributed by atoms with van der Waals surface area (Å²) in [7, 11) is -9.45. The van der Waals surface area contributed by atoms with E-state index >= 15 is 0 Å². The Morgan fingerprint density at radius 1 is 0.846 bits per heavy atom. The Labute approximate surface area is 164 Å². The van der Waals surface area contributed by atoms with Gasteiger partial charge >= 0.3 is 8.80 Å². The monoisotopic (exact) mass is 424 g/mol. The van der Waals surface area contributed by atoms with Gasteiger partial charge in [0.15, 0.2) is 0 Å². The van der Waals surface area contributed by atoms with E-state index in [4.69, 9.17) is 12.3 Å². The van der Waals surface area contributed by atoms with Gasteiger partial charge < -0.3 is 12.3 Å². The molecule has 26 heavy (non-hydrogen) atoms. The summed E-state index contributed by atoms with van der Waals surface area (Å²) in [6.07, 6.45) is 8.09. The van der Waals surface area contributed by atoms with E-state index in [9.17, 15) is 0 Å². The Bertz CT molecular complexity index is 557. The summed E-state index contributed by atoms with van der Waals surface area (Å²) in [6, 6.07) is 0. The fourth-order valence-corrected chi connectivity index (χ4v) is 18.3. The fourth-order valence-electron chi connectivity index (χ4n) is 3.66. The molecule has 1 fully saturated rings. The summed E-state index contributed by atoms with van der Waals surface area (Å²) in [4.78, 5) is 0. The maximum absolute atomic E-state index is 6.99. The molecule has 0 radical (unpaired) electrons. The molecule has 2 bridgehead atoms. The molecule has 0 aromatic rings. The van der Waals surface area contributed by atoms with E-state index in [0.29, 0.717) is 5.92 Å². The zero-order valence-electron chi connectivity index (χ0n) is 17.4. The van der Waals surface area contributed by atoms with Gasteiger partial charge in [0.1, 0.15) is 0 Å². The van der Waals surface area contributed by atoms with Crippen molar-refractivity contribution in [3.63, 3.8) is 0 Å². The molecular formula is C19H36O3Si4. The van der Waals surface area contributed by atoms with Gasteiger partial charge in [-0.15, -0.1) is 19.7 Å². The third-order valence-electron chi connectivity index (χ3n) is 5.55. The van der Waals surface area contributed by atoms with E-state index in [2.05, 4.69) is 71.2 Å². The summed E-state index contributed by atoms with van der Waals surface area (Å²) in [5, 5.41) is -0.106. The summed E-state index contributed by atoms with van der Waals surface area (Å²) in [5.41, 5.74) is 5.98. The third kappa shape index (κ3) is 4.40. The highest BCUT2D eigenvalue weighted by molar-refractivity contribution is 6.94. The highest BCUT2D eigenvalue weighted by Gasteiger charge is 2.67. The van der Waals surface area contributed by atoms with Crippen molar-refractivity contribution in [2.45, 2.75) is 63.6 Å². The summed E-state index contributed by atoms with van der Waals surface area (Å²) in [6.45, 7) is 25.2. The second kappa shape index (κ2) is 7.27. The van der Waals surface area contributed by atoms with E-state index in [-0.39, 0.29) is 5.04 Å². The van der Waals surface area contributed by atoms with Gasteiger partial charge in [0, 0.05) is 0 Å². The average Bonchev–Trinajstić information content (AvgIpc) is 3.16. The Morgan fingerprint density at radius 2 is 1.27 bits per heavy atom. The number of hydrogen-bond donors (Lipinski definition) is 0. The van der Waals surface area contributed by atoms with E-state index in [0.717, 1.165) is 12.8 Å². The first kappa shape index (κ1) is 22.0. The number of fused-ring (bicyclic) bond motifs is 2. The minimum absolute atomic E-state index is 0.106. The molecule has 0 heterocycles. The van der Waals surface area contributed by atoms with Gasteiger partial charge in [-0.1, -0.05) is 29.2 Å². The van der Waals surface area contributed by atoms with Crippen molar-refractivity contribution >= 4 is 33.8 Å². The summed E-state index contributed by atoms with van der Waals surface area (Å²) >= 11 is 0. The molecule has 0 amide bonds. The molecule has 2 unspecified atom stereocenters. The van der Waals surface area contributed by atoms with E-state index in [1.807, 2.05) is 17.1 Å². The van der Waals surface area contributed by atoms with Crippen LogP contribution in [0.1, 0.15) is 19.3 Å². The van der Waals surface area contributed by atoms with Crippen molar-refractivity contribution in [1.82, 2.24) is 0 Å². The summed E-state index contributed by atoms with van der Waals surface area (Å²) < 4.78 is 21.0. The molecule has 2 aliphatic rings. The molecule has 0 N–H and O–H groups in total. The normalized spacial score (nSPS) is 26.2. The van der Waals surface area contributed by atoms with Crippen LogP contribution in [0, 0.1) is 5.92 Å². The lowest BCUT2D eigenvalue weighted by Gasteiger charge is -2.50. The number of hydrogen-bond acceptors (Lipinski definition) is 3. The SMILES string of the molecule is C=C[Si](C)(C)O[Si](O[Si](C)(C)C=C)(O[Si](C)(C)C=C)C12C=CC(CC1)C2. The van der Waals surface area contributed by atoms with Crippen molar-refractivity contribution in [2.24, 2.45) is 5.92 Å². The maximum atomic E-state index is 6.99. The zero-order valence-corrected chi connectivity index (χ0v) is 21.4. The standard InChI is InChI=1S/C19H36O3Si4/c1-10-23(4,5)20-26(21-24(6,7)11-2,22-25(8,9)12-3)19-15-13-18(17-19)14-16-19/h10-13,15,18H,1-3,14,16-17H2,4-9H3. The first-order valence-corrected chi connectivity index (χ1v) is 20.2. The van der Waals surface area contributed by atoms with Crippen molar-refractivity contribution in [2.75, 3.05) is 0 Å². The lowest BCUT2D eigenvalue weighted by atomic mass is 10.1. The second-order valence-corrected chi connectivity index (χ2v) is 24.7. The van der Waals surface area contributed by atoms with Gasteiger partial charge in [-0.05, 0) is 64.5 Å². The molecular weight excluding hydrogens is 389 g/mol. The molecule has 1 saturated carbocycles. The van der Waals surface area contributed by atoms with Crippen molar-refractivity contribution < 1.29 is 12.3 Å². The van der Waals surface area contributed by atoms with Crippen LogP contribution in [-0.2, 0) is 12.3 Å². The Morgan fingerprint density at radius 3 is 1.50 bits per heavy atom. The molecule has 0 aromatic heterocycles. The van der Waals surface area contributed by atoms with Crippen LogP contribution in [0.3, 0.4) is 0 Å². The predicted octanol–water partition coefficient (Wildman–Crippen LogP) is 5.88. The van der Waals surface area contributed by atoms with Crippen LogP contribution in [0.15, 0.2) is 49.0 Å². The smallest absolute Gasteiger partial charge is 0.412 e. The van der Waals surface area contributed by atoms with Crippen molar-refractivity contribution in [1.29, 1.82) is 0 Å². The minimum Gasteiger partial charge on any atom is -0.412 e. The molecule has 3 nitrogen and oxygen atoms in total. The lowest BCUT2D eigenvalue weighted by molar-refractivity contribution is 0.219. The first-order chi connectivity index (χ1) is 11.8. The molecule has 0 spiro atoms. The molecule has 2 aliphatic carbocycles. The molecule has 2 rings (SSSR count). The molecule has 2 atom stereocenters. The van der Waals surface area contributed by atoms with Crippen molar-refractivity contribution in [3.05, 3.63) is 49.0 Å². The second-order valence-electron chi connectivity index (χ2n) is 9.30. The maximum Gasteiger partial charge on any atom is 0.480 e. The number of allylic oxidation sites excluding steroid dienone is 2. The van der Waals surface area contributed by atoms with Crippen LogP contribution in [0.2, 0.25) is 44.3 Å². The van der Waals surface area contributed by atoms with Gasteiger partial charge in [0.05, 0.1) is 5.04 Å². The fraction of sp³-hybridized carbons (Fsp3) is 0.579. The Balaban J connectivity index is 2.61. The predicted molar refractivity (Wildman–Crippen MR) is 121 cm³/mol. The molecule has 0 aromatic carbocycles. The third-order valence-corrected chi connectivity index (χ3v) is 19.9. The Hall–Kier alpha value is -0.292. The number of rotatable bonds is 10. The van der Waals surface area contributed by atoms with Crippen LogP contribution in [0.5, 0.6) is 0 Å². The lowest BCUT2D eigenvalue weighted by Crippen LogP contribution is -2.66. The molecule has 7 heteroatoms. The van der Waals surface area contributed by atoms with Gasteiger partial charge in [0.2, 0.25) is 25.0 Å². The van der Waals surface area contributed by atoms with E-state index in [1.165, 1.54) is 6.42 Å². The topological polar surface area (TPSA) is 27.7 Å².